The van der Waals surface area contributed by atoms with Crippen LogP contribution in [0.1, 0.15) is 19.4 Å². The third-order valence-electron chi connectivity index (χ3n) is 2.17. The van der Waals surface area contributed by atoms with Gasteiger partial charge in [0, 0.05) is 10.2 Å². The van der Waals surface area contributed by atoms with Crippen LogP contribution < -0.4 is 5.32 Å². The second-order valence-electron chi connectivity index (χ2n) is 4.01. The van der Waals surface area contributed by atoms with Gasteiger partial charge in [-0.1, -0.05) is 15.9 Å². The van der Waals surface area contributed by atoms with Crippen molar-refractivity contribution in [3.63, 3.8) is 0 Å². The fourth-order valence-corrected chi connectivity index (χ4v) is 1.63. The number of carboxylic acid groups (broad SMARTS) is 1. The highest BCUT2D eigenvalue weighted by atomic mass is 79.9. The van der Waals surface area contributed by atoms with Crippen LogP contribution in [-0.2, 0) is 4.79 Å². The second kappa shape index (κ2) is 4.23. The van der Waals surface area contributed by atoms with Gasteiger partial charge in [0.15, 0.2) is 0 Å². The Balaban J connectivity index is 2.95. The van der Waals surface area contributed by atoms with Crippen LogP contribution in [0.15, 0.2) is 22.7 Å². The van der Waals surface area contributed by atoms with E-state index in [4.69, 9.17) is 5.11 Å². The molecule has 0 saturated heterocycles. The summed E-state index contributed by atoms with van der Waals surface area (Å²) in [5.41, 5.74) is 0.891. The summed E-state index contributed by atoms with van der Waals surface area (Å²) in [6.07, 6.45) is 0. The number of nitrogens with one attached hydrogen (secondary N) is 1. The van der Waals surface area contributed by atoms with E-state index in [0.29, 0.717) is 0 Å². The Hall–Kier alpha value is -1.03. The van der Waals surface area contributed by atoms with E-state index >= 15 is 0 Å². The minimum absolute atomic E-state index is 0.839. The van der Waals surface area contributed by atoms with Gasteiger partial charge in [-0.15, -0.1) is 0 Å². The molecule has 0 unspecified atom stereocenters. The molecular weight excluding hydrogens is 258 g/mol. The van der Waals surface area contributed by atoms with Crippen molar-refractivity contribution in [1.29, 1.82) is 0 Å². The van der Waals surface area contributed by atoms with Gasteiger partial charge in [0.25, 0.3) is 0 Å². The molecule has 82 valence electrons. The van der Waals surface area contributed by atoms with E-state index in [-0.39, 0.29) is 0 Å². The highest BCUT2D eigenvalue weighted by molar-refractivity contribution is 9.10. The van der Waals surface area contributed by atoms with Gasteiger partial charge in [0.1, 0.15) is 5.54 Å². The van der Waals surface area contributed by atoms with Crippen molar-refractivity contribution < 1.29 is 9.90 Å². The number of aryl methyl sites for hydroxylation is 1. The molecule has 3 nitrogen and oxygen atoms in total. The molecular formula is C11H14BrNO2. The average molecular weight is 272 g/mol. The molecule has 1 rings (SSSR count). The number of benzene rings is 1. The molecule has 0 saturated carbocycles. The SMILES string of the molecule is Cc1cc(Br)ccc1NC(C)(C)C(=O)O. The summed E-state index contributed by atoms with van der Waals surface area (Å²) in [4.78, 5) is 10.9. The number of hydrogen-bond acceptors (Lipinski definition) is 2. The average Bonchev–Trinajstić information content (AvgIpc) is 2.09. The number of carbonyl (C=O) groups is 1. The number of carboxylic acids is 1. The van der Waals surface area contributed by atoms with E-state index in [1.54, 1.807) is 13.8 Å². The van der Waals surface area contributed by atoms with E-state index < -0.39 is 11.5 Å². The molecule has 15 heavy (non-hydrogen) atoms. The molecule has 1 aromatic rings. The molecule has 0 amide bonds. The second-order valence-corrected chi connectivity index (χ2v) is 4.93. The minimum atomic E-state index is -0.960. The van der Waals surface area contributed by atoms with Crippen molar-refractivity contribution in [3.8, 4) is 0 Å². The molecule has 0 atom stereocenters. The van der Waals surface area contributed by atoms with Gasteiger partial charge >= 0.3 is 5.97 Å². The number of rotatable bonds is 3. The first-order valence-corrected chi connectivity index (χ1v) is 5.40. The molecule has 4 heteroatoms. The number of anilines is 1. The first-order chi connectivity index (χ1) is 6.83. The summed E-state index contributed by atoms with van der Waals surface area (Å²) in [5.74, 6) is -0.871. The largest absolute Gasteiger partial charge is 0.480 e. The third-order valence-corrected chi connectivity index (χ3v) is 2.66. The lowest BCUT2D eigenvalue weighted by atomic mass is 10.0. The lowest BCUT2D eigenvalue weighted by Crippen LogP contribution is -2.40. The van der Waals surface area contributed by atoms with Gasteiger partial charge in [0.2, 0.25) is 0 Å². The number of aliphatic carboxylic acids is 1. The van der Waals surface area contributed by atoms with Crippen LogP contribution in [0.3, 0.4) is 0 Å². The number of hydrogen-bond donors (Lipinski definition) is 2. The van der Waals surface area contributed by atoms with Gasteiger partial charge < -0.3 is 10.4 Å². The van der Waals surface area contributed by atoms with Crippen LogP contribution in [0.25, 0.3) is 0 Å². The molecule has 0 aromatic heterocycles. The van der Waals surface area contributed by atoms with Crippen LogP contribution in [0.2, 0.25) is 0 Å². The Morgan fingerprint density at radius 2 is 2.07 bits per heavy atom. The van der Waals surface area contributed by atoms with Crippen LogP contribution >= 0.6 is 15.9 Å². The summed E-state index contributed by atoms with van der Waals surface area (Å²) in [5, 5.41) is 12.0. The van der Waals surface area contributed by atoms with Crippen molar-refractivity contribution in [2.45, 2.75) is 26.3 Å². The lowest BCUT2D eigenvalue weighted by molar-refractivity contribution is -0.141. The minimum Gasteiger partial charge on any atom is -0.480 e. The zero-order chi connectivity index (χ0) is 11.6. The van der Waals surface area contributed by atoms with E-state index in [1.807, 2.05) is 25.1 Å². The van der Waals surface area contributed by atoms with Gasteiger partial charge in [0.05, 0.1) is 0 Å². The van der Waals surface area contributed by atoms with Gasteiger partial charge in [-0.3, -0.25) is 0 Å². The van der Waals surface area contributed by atoms with Crippen LogP contribution in [0.5, 0.6) is 0 Å². The molecule has 0 heterocycles. The highest BCUT2D eigenvalue weighted by Crippen LogP contribution is 2.23. The molecule has 0 radical (unpaired) electrons. The van der Waals surface area contributed by atoms with Crippen LogP contribution in [0, 0.1) is 6.92 Å². The fourth-order valence-electron chi connectivity index (χ4n) is 1.16. The smallest absolute Gasteiger partial charge is 0.328 e. The first kappa shape index (κ1) is 12.0. The molecule has 0 aliphatic heterocycles. The lowest BCUT2D eigenvalue weighted by Gasteiger charge is -2.23. The van der Waals surface area contributed by atoms with Crippen molar-refractivity contribution >= 4 is 27.6 Å². The Labute approximate surface area is 97.6 Å². The fraction of sp³-hybridized carbons (Fsp3) is 0.364. The summed E-state index contributed by atoms with van der Waals surface area (Å²) >= 11 is 3.36. The maximum absolute atomic E-state index is 10.9. The summed E-state index contributed by atoms with van der Waals surface area (Å²) < 4.78 is 0.985. The monoisotopic (exact) mass is 271 g/mol. The molecule has 1 aromatic carbocycles. The van der Waals surface area contributed by atoms with Gasteiger partial charge in [-0.25, -0.2) is 4.79 Å². The molecule has 0 fully saturated rings. The Kier molecular flexibility index (Phi) is 3.39. The standard InChI is InChI=1S/C11H14BrNO2/c1-7-6-8(12)4-5-9(7)13-11(2,3)10(14)15/h4-6,13H,1-3H3,(H,14,15). The van der Waals surface area contributed by atoms with Gasteiger partial charge in [-0.2, -0.15) is 0 Å². The summed E-state index contributed by atoms with van der Waals surface area (Å²) in [6, 6.07) is 5.69. The normalized spacial score (nSPS) is 11.2. The summed E-state index contributed by atoms with van der Waals surface area (Å²) in [7, 11) is 0. The van der Waals surface area contributed by atoms with Crippen molar-refractivity contribution in [1.82, 2.24) is 0 Å². The van der Waals surface area contributed by atoms with Crippen LogP contribution in [0.4, 0.5) is 5.69 Å². The Morgan fingerprint density at radius 1 is 1.47 bits per heavy atom. The zero-order valence-electron chi connectivity index (χ0n) is 8.97. The predicted molar refractivity (Wildman–Crippen MR) is 64.2 cm³/mol. The third kappa shape index (κ3) is 2.96. The zero-order valence-corrected chi connectivity index (χ0v) is 10.6. The van der Waals surface area contributed by atoms with Gasteiger partial charge in [-0.05, 0) is 44.5 Å². The Bertz CT molecular complexity index is 388. The molecule has 0 aliphatic carbocycles. The molecule has 0 bridgehead atoms. The van der Waals surface area contributed by atoms with Crippen LogP contribution in [-0.4, -0.2) is 16.6 Å². The molecule has 0 spiro atoms. The van der Waals surface area contributed by atoms with E-state index in [0.717, 1.165) is 15.7 Å². The van der Waals surface area contributed by atoms with Crippen molar-refractivity contribution in [3.05, 3.63) is 28.2 Å². The molecule has 2 N–H and O–H groups in total. The molecule has 0 aliphatic rings. The first-order valence-electron chi connectivity index (χ1n) is 4.60. The van der Waals surface area contributed by atoms with Crippen molar-refractivity contribution in [2.24, 2.45) is 0 Å². The van der Waals surface area contributed by atoms with E-state index in [1.165, 1.54) is 0 Å². The summed E-state index contributed by atoms with van der Waals surface area (Å²) in [6.45, 7) is 5.21. The van der Waals surface area contributed by atoms with E-state index in [9.17, 15) is 4.79 Å². The quantitative estimate of drug-likeness (QED) is 0.889. The topological polar surface area (TPSA) is 49.3 Å². The maximum atomic E-state index is 10.9. The maximum Gasteiger partial charge on any atom is 0.328 e. The number of halogens is 1. The Morgan fingerprint density at radius 3 is 2.53 bits per heavy atom. The predicted octanol–water partition coefficient (Wildman–Crippen LogP) is 3.03. The highest BCUT2D eigenvalue weighted by Gasteiger charge is 2.26. The van der Waals surface area contributed by atoms with E-state index in [2.05, 4.69) is 21.2 Å². The van der Waals surface area contributed by atoms with Crippen molar-refractivity contribution in [2.75, 3.05) is 5.32 Å².